The Labute approximate surface area is 175 Å². The molecule has 1 aliphatic carbocycles. The fourth-order valence-corrected chi connectivity index (χ4v) is 4.82. The molecule has 3 nitrogen and oxygen atoms in total. The van der Waals surface area contributed by atoms with Gasteiger partial charge in [0.15, 0.2) is 0 Å². The normalized spacial score (nSPS) is 18.8. The van der Waals surface area contributed by atoms with Gasteiger partial charge in [-0.3, -0.25) is 9.69 Å². The first-order valence-electron chi connectivity index (χ1n) is 11.3. The Morgan fingerprint density at radius 1 is 1.07 bits per heavy atom. The van der Waals surface area contributed by atoms with Gasteiger partial charge in [0.25, 0.3) is 0 Å². The van der Waals surface area contributed by atoms with E-state index in [9.17, 15) is 4.79 Å². The van der Waals surface area contributed by atoms with Crippen molar-refractivity contribution in [2.24, 2.45) is 5.92 Å². The van der Waals surface area contributed by atoms with Crippen molar-refractivity contribution in [2.45, 2.75) is 65.0 Å². The number of carbonyl (C=O) groups is 1. The smallest absolute Gasteiger partial charge is 0.223 e. The molecule has 0 spiro atoms. The molecule has 2 aliphatic rings. The molecule has 0 radical (unpaired) electrons. The number of likely N-dealkylation sites (tertiary alicyclic amines) is 1. The van der Waals surface area contributed by atoms with Crippen LogP contribution in [-0.2, 0) is 24.2 Å². The van der Waals surface area contributed by atoms with Crippen molar-refractivity contribution in [3.63, 3.8) is 0 Å². The number of fused-ring (bicyclic) bond motifs is 1. The Balaban J connectivity index is 1.29. The van der Waals surface area contributed by atoms with Crippen molar-refractivity contribution in [3.05, 3.63) is 70.3 Å². The van der Waals surface area contributed by atoms with Crippen LogP contribution in [0.3, 0.4) is 0 Å². The third kappa shape index (κ3) is 4.90. The molecule has 2 aromatic carbocycles. The van der Waals surface area contributed by atoms with E-state index in [0.29, 0.717) is 0 Å². The summed E-state index contributed by atoms with van der Waals surface area (Å²) in [5.74, 6) is 0.369. The lowest BCUT2D eigenvalue weighted by Gasteiger charge is -2.32. The molecule has 0 saturated carbocycles. The summed E-state index contributed by atoms with van der Waals surface area (Å²) in [6.45, 7) is 7.29. The molecule has 0 bridgehead atoms. The third-order valence-electron chi connectivity index (χ3n) is 6.84. The molecule has 29 heavy (non-hydrogen) atoms. The molecule has 1 amide bonds. The summed E-state index contributed by atoms with van der Waals surface area (Å²) in [4.78, 5) is 15.3. The fourth-order valence-electron chi connectivity index (χ4n) is 4.82. The van der Waals surface area contributed by atoms with Crippen LogP contribution in [0.1, 0.15) is 66.5 Å². The molecular formula is C26H34N2O. The second-order valence-corrected chi connectivity index (χ2v) is 8.94. The van der Waals surface area contributed by atoms with E-state index in [1.54, 1.807) is 0 Å². The highest BCUT2D eigenvalue weighted by Gasteiger charge is 2.26. The van der Waals surface area contributed by atoms with Crippen LogP contribution < -0.4 is 5.32 Å². The second-order valence-electron chi connectivity index (χ2n) is 8.94. The molecule has 1 unspecified atom stereocenters. The predicted molar refractivity (Wildman–Crippen MR) is 119 cm³/mol. The average molecular weight is 391 g/mol. The Morgan fingerprint density at radius 2 is 1.79 bits per heavy atom. The number of amides is 1. The first-order valence-corrected chi connectivity index (χ1v) is 11.3. The Morgan fingerprint density at radius 3 is 2.55 bits per heavy atom. The van der Waals surface area contributed by atoms with Gasteiger partial charge in [-0.25, -0.2) is 0 Å². The van der Waals surface area contributed by atoms with E-state index in [2.05, 4.69) is 66.5 Å². The third-order valence-corrected chi connectivity index (χ3v) is 6.84. The topological polar surface area (TPSA) is 32.3 Å². The SMILES string of the molecule is Cc1ccccc1CN1CCC(C(=O)NC(C)c2ccc3c(c2)CCCC3)CC1. The molecule has 1 aliphatic heterocycles. The van der Waals surface area contributed by atoms with Gasteiger partial charge < -0.3 is 5.32 Å². The van der Waals surface area contributed by atoms with Crippen molar-refractivity contribution in [1.82, 2.24) is 10.2 Å². The van der Waals surface area contributed by atoms with Gasteiger partial charge in [-0.1, -0.05) is 42.5 Å². The van der Waals surface area contributed by atoms with Gasteiger partial charge in [-0.2, -0.15) is 0 Å². The van der Waals surface area contributed by atoms with E-state index in [4.69, 9.17) is 0 Å². The minimum atomic E-state index is 0.0831. The summed E-state index contributed by atoms with van der Waals surface area (Å²) in [6.07, 6.45) is 6.89. The van der Waals surface area contributed by atoms with Crippen LogP contribution in [-0.4, -0.2) is 23.9 Å². The molecule has 154 valence electrons. The summed E-state index contributed by atoms with van der Waals surface area (Å²) < 4.78 is 0. The first-order chi connectivity index (χ1) is 14.1. The van der Waals surface area contributed by atoms with E-state index >= 15 is 0 Å². The van der Waals surface area contributed by atoms with Gasteiger partial charge in [0.1, 0.15) is 0 Å². The van der Waals surface area contributed by atoms with Gasteiger partial charge >= 0.3 is 0 Å². The van der Waals surface area contributed by atoms with Crippen molar-refractivity contribution in [2.75, 3.05) is 13.1 Å². The first kappa shape index (κ1) is 20.2. The van der Waals surface area contributed by atoms with Crippen LogP contribution in [0.5, 0.6) is 0 Å². The number of carbonyl (C=O) groups excluding carboxylic acids is 1. The van der Waals surface area contributed by atoms with Gasteiger partial charge in [0, 0.05) is 12.5 Å². The predicted octanol–water partition coefficient (Wildman–Crippen LogP) is 4.96. The maximum absolute atomic E-state index is 12.9. The number of hydrogen-bond acceptors (Lipinski definition) is 2. The Hall–Kier alpha value is -2.13. The van der Waals surface area contributed by atoms with Crippen LogP contribution >= 0.6 is 0 Å². The van der Waals surface area contributed by atoms with Crippen molar-refractivity contribution < 1.29 is 4.79 Å². The number of aryl methyl sites for hydroxylation is 3. The quantitative estimate of drug-likeness (QED) is 0.782. The average Bonchev–Trinajstić information content (AvgIpc) is 2.75. The molecule has 0 aromatic heterocycles. The summed E-state index contributed by atoms with van der Waals surface area (Å²) in [7, 11) is 0. The zero-order valence-corrected chi connectivity index (χ0v) is 17.9. The van der Waals surface area contributed by atoms with Crippen LogP contribution in [0.15, 0.2) is 42.5 Å². The minimum Gasteiger partial charge on any atom is -0.349 e. The number of piperidine rings is 1. The molecule has 2 aromatic rings. The van der Waals surface area contributed by atoms with E-state index in [1.165, 1.54) is 53.5 Å². The Kier molecular flexibility index (Phi) is 6.34. The zero-order chi connectivity index (χ0) is 20.2. The highest BCUT2D eigenvalue weighted by molar-refractivity contribution is 5.79. The van der Waals surface area contributed by atoms with Crippen molar-refractivity contribution in [3.8, 4) is 0 Å². The number of nitrogens with one attached hydrogen (secondary N) is 1. The zero-order valence-electron chi connectivity index (χ0n) is 17.9. The van der Waals surface area contributed by atoms with E-state index < -0.39 is 0 Å². The minimum absolute atomic E-state index is 0.0831. The summed E-state index contributed by atoms with van der Waals surface area (Å²) >= 11 is 0. The highest BCUT2D eigenvalue weighted by atomic mass is 16.1. The number of rotatable bonds is 5. The molecular weight excluding hydrogens is 356 g/mol. The van der Waals surface area contributed by atoms with Gasteiger partial charge in [0.05, 0.1) is 6.04 Å². The summed E-state index contributed by atoms with van der Waals surface area (Å²) in [5.41, 5.74) is 6.98. The van der Waals surface area contributed by atoms with E-state index in [0.717, 1.165) is 32.5 Å². The molecule has 1 fully saturated rings. The lowest BCUT2D eigenvalue weighted by atomic mass is 9.89. The van der Waals surface area contributed by atoms with Gasteiger partial charge in [-0.15, -0.1) is 0 Å². The summed E-state index contributed by atoms with van der Waals surface area (Å²) in [6, 6.07) is 15.5. The maximum atomic E-state index is 12.9. The second kappa shape index (κ2) is 9.13. The van der Waals surface area contributed by atoms with Gasteiger partial charge in [0.2, 0.25) is 5.91 Å². The lowest BCUT2D eigenvalue weighted by Crippen LogP contribution is -2.41. The number of nitrogens with zero attached hydrogens (tertiary/aromatic N) is 1. The van der Waals surface area contributed by atoms with Crippen molar-refractivity contribution >= 4 is 5.91 Å². The van der Waals surface area contributed by atoms with Crippen LogP contribution in [0.4, 0.5) is 0 Å². The Bertz CT molecular complexity index is 852. The number of benzene rings is 2. The van der Waals surface area contributed by atoms with E-state index in [-0.39, 0.29) is 17.9 Å². The largest absolute Gasteiger partial charge is 0.349 e. The molecule has 3 heteroatoms. The van der Waals surface area contributed by atoms with Crippen LogP contribution in [0.25, 0.3) is 0 Å². The standard InChI is InChI=1S/C26H34N2O/c1-19-7-3-4-10-25(19)18-28-15-13-22(14-16-28)26(29)27-20(2)23-12-11-21-8-5-6-9-24(21)17-23/h3-4,7,10-12,17,20,22H,5-6,8-9,13-16,18H2,1-2H3,(H,27,29). The highest BCUT2D eigenvalue weighted by Crippen LogP contribution is 2.26. The van der Waals surface area contributed by atoms with Crippen molar-refractivity contribution in [1.29, 1.82) is 0 Å². The molecule has 1 heterocycles. The lowest BCUT2D eigenvalue weighted by molar-refractivity contribution is -0.127. The van der Waals surface area contributed by atoms with Crippen LogP contribution in [0, 0.1) is 12.8 Å². The fraction of sp³-hybridized carbons (Fsp3) is 0.500. The molecule has 1 atom stereocenters. The summed E-state index contributed by atoms with van der Waals surface area (Å²) in [5, 5.41) is 3.29. The molecule has 4 rings (SSSR count). The van der Waals surface area contributed by atoms with E-state index in [1.807, 2.05) is 0 Å². The maximum Gasteiger partial charge on any atom is 0.223 e. The number of hydrogen-bond donors (Lipinski definition) is 1. The van der Waals surface area contributed by atoms with Crippen LogP contribution in [0.2, 0.25) is 0 Å². The monoisotopic (exact) mass is 390 g/mol. The van der Waals surface area contributed by atoms with Gasteiger partial charge in [-0.05, 0) is 93.3 Å². The molecule has 1 saturated heterocycles. The molecule has 1 N–H and O–H groups in total.